The van der Waals surface area contributed by atoms with Crippen molar-refractivity contribution in [1.82, 2.24) is 0 Å². The lowest BCUT2D eigenvalue weighted by Gasteiger charge is -2.34. The minimum Gasteiger partial charge on any atom is -0.194 e. The van der Waals surface area contributed by atoms with E-state index in [1.807, 2.05) is 0 Å². The first-order chi connectivity index (χ1) is 9.66. The molecule has 126 valence electrons. The third-order valence-electron chi connectivity index (χ3n) is 3.06. The van der Waals surface area contributed by atoms with Crippen LogP contribution >= 0.6 is 0 Å². The fourth-order valence-electron chi connectivity index (χ4n) is 1.65. The Hall–Kier alpha value is -1.41. The smallest absolute Gasteiger partial charge is 0.194 e. The number of hydrogen-bond acceptors (Lipinski definition) is 0. The molecule has 0 fully saturated rings. The highest BCUT2D eigenvalue weighted by Gasteiger charge is 2.82. The fraction of sp³-hybridized carbons (Fsp3) is 0.538. The molecule has 9 heteroatoms. The zero-order valence-corrected chi connectivity index (χ0v) is 11.3. The number of benzene rings is 1. The Balaban J connectivity index is 3.42. The molecule has 0 heterocycles. The summed E-state index contributed by atoms with van der Waals surface area (Å²) in [5.74, 6) is -19.6. The molecule has 0 saturated heterocycles. The lowest BCUT2D eigenvalue weighted by Crippen LogP contribution is -2.59. The van der Waals surface area contributed by atoms with E-state index in [4.69, 9.17) is 0 Å². The van der Waals surface area contributed by atoms with Crippen LogP contribution in [0.25, 0.3) is 0 Å². The van der Waals surface area contributed by atoms with E-state index in [-0.39, 0.29) is 5.56 Å². The van der Waals surface area contributed by atoms with Crippen molar-refractivity contribution in [2.45, 2.75) is 43.7 Å². The van der Waals surface area contributed by atoms with Crippen LogP contribution in [0.1, 0.15) is 30.9 Å². The number of rotatable bonds is 4. The van der Waals surface area contributed by atoms with E-state index in [0.29, 0.717) is 12.1 Å². The molecule has 1 aromatic carbocycles. The van der Waals surface area contributed by atoms with Gasteiger partial charge in [-0.3, -0.25) is 0 Å². The van der Waals surface area contributed by atoms with Crippen molar-refractivity contribution >= 4 is 0 Å². The second-order valence-electron chi connectivity index (χ2n) is 5.00. The number of hydrogen-bond donors (Lipinski definition) is 0. The van der Waals surface area contributed by atoms with Crippen molar-refractivity contribution in [1.29, 1.82) is 0 Å². The van der Waals surface area contributed by atoms with E-state index in [2.05, 4.69) is 0 Å². The van der Waals surface area contributed by atoms with Gasteiger partial charge in [0.25, 0.3) is 0 Å². The highest BCUT2D eigenvalue weighted by molar-refractivity contribution is 5.31. The molecule has 0 aliphatic carbocycles. The van der Waals surface area contributed by atoms with Crippen molar-refractivity contribution < 1.29 is 39.5 Å². The molecule has 0 spiro atoms. The zero-order valence-electron chi connectivity index (χ0n) is 11.3. The Kier molecular flexibility index (Phi) is 4.53. The van der Waals surface area contributed by atoms with Crippen LogP contribution in [0.2, 0.25) is 0 Å². The van der Waals surface area contributed by atoms with Crippen LogP contribution in [-0.2, 0) is 5.92 Å². The third-order valence-corrected chi connectivity index (χ3v) is 3.06. The summed E-state index contributed by atoms with van der Waals surface area (Å²) in [5, 5.41) is 0. The Labute approximate surface area is 119 Å². The van der Waals surface area contributed by atoms with E-state index >= 15 is 0 Å². The van der Waals surface area contributed by atoms with Crippen LogP contribution in [0.15, 0.2) is 24.3 Å². The molecule has 1 aromatic rings. The van der Waals surface area contributed by atoms with E-state index in [9.17, 15) is 39.5 Å². The highest BCUT2D eigenvalue weighted by atomic mass is 19.4. The molecule has 1 rings (SSSR count). The maximum atomic E-state index is 13.7. The molecule has 0 nitrogen and oxygen atoms in total. The minimum absolute atomic E-state index is 0.100. The summed E-state index contributed by atoms with van der Waals surface area (Å²) < 4.78 is 116. The summed E-state index contributed by atoms with van der Waals surface area (Å²) in [6.45, 7) is 3.03. The highest BCUT2D eigenvalue weighted by Crippen LogP contribution is 2.56. The van der Waals surface area contributed by atoms with Gasteiger partial charge in [0.15, 0.2) is 0 Å². The normalized spacial score (nSPS) is 14.5. The monoisotopic (exact) mass is 338 g/mol. The molecule has 0 aliphatic rings. The van der Waals surface area contributed by atoms with Gasteiger partial charge in [-0.05, 0) is 17.5 Å². The first kappa shape index (κ1) is 18.6. The van der Waals surface area contributed by atoms with Crippen LogP contribution in [0.3, 0.4) is 0 Å². The van der Waals surface area contributed by atoms with E-state index in [1.165, 1.54) is 19.9 Å². The molecule has 0 radical (unpaired) electrons. The molecule has 0 saturated carbocycles. The van der Waals surface area contributed by atoms with Gasteiger partial charge in [0.05, 0.1) is 0 Å². The Morgan fingerprint density at radius 3 is 1.68 bits per heavy atom. The third kappa shape index (κ3) is 2.77. The molecular weight excluding hydrogens is 327 g/mol. The van der Waals surface area contributed by atoms with Gasteiger partial charge in [-0.2, -0.15) is 39.5 Å². The Bertz CT molecular complexity index is 529. The summed E-state index contributed by atoms with van der Waals surface area (Å²) in [6, 6.07) is 3.03. The summed E-state index contributed by atoms with van der Waals surface area (Å²) in [5.41, 5.74) is -1.50. The summed E-state index contributed by atoms with van der Waals surface area (Å²) >= 11 is 0. The number of halogens is 9. The van der Waals surface area contributed by atoms with Gasteiger partial charge >= 0.3 is 23.9 Å². The molecular formula is C13H11F9. The van der Waals surface area contributed by atoms with Gasteiger partial charge in [0, 0.05) is 5.56 Å². The Morgan fingerprint density at radius 2 is 1.27 bits per heavy atom. The average Bonchev–Trinajstić information content (AvgIpc) is 2.37. The quantitative estimate of drug-likeness (QED) is 0.615. The lowest BCUT2D eigenvalue weighted by atomic mass is 9.93. The van der Waals surface area contributed by atoms with Crippen LogP contribution < -0.4 is 0 Å². The predicted octanol–water partition coefficient (Wildman–Crippen LogP) is 5.73. The zero-order chi connectivity index (χ0) is 17.6. The molecule has 0 N–H and O–H groups in total. The van der Waals surface area contributed by atoms with Gasteiger partial charge in [-0.25, -0.2) is 0 Å². The summed E-state index contributed by atoms with van der Waals surface area (Å²) in [4.78, 5) is 0. The second kappa shape index (κ2) is 5.34. The van der Waals surface area contributed by atoms with Crippen molar-refractivity contribution in [2.75, 3.05) is 0 Å². The standard InChI is InChI=1S/C13H11F9/c1-7(2)8-4-3-5-9(6-8)10(14,15)11(16,17)12(18,19)13(20,21)22/h3-7H,1-2H3. The van der Waals surface area contributed by atoms with Crippen molar-refractivity contribution in [2.24, 2.45) is 0 Å². The van der Waals surface area contributed by atoms with E-state index in [1.54, 1.807) is 0 Å². The van der Waals surface area contributed by atoms with Crippen LogP contribution in [-0.4, -0.2) is 18.0 Å². The fourth-order valence-corrected chi connectivity index (χ4v) is 1.65. The molecule has 0 atom stereocenters. The Morgan fingerprint density at radius 1 is 0.773 bits per heavy atom. The van der Waals surface area contributed by atoms with Gasteiger partial charge < -0.3 is 0 Å². The molecule has 0 bridgehead atoms. The van der Waals surface area contributed by atoms with E-state index < -0.39 is 35.4 Å². The second-order valence-corrected chi connectivity index (χ2v) is 5.00. The van der Waals surface area contributed by atoms with Crippen LogP contribution in [0, 0.1) is 0 Å². The van der Waals surface area contributed by atoms with Gasteiger partial charge in [0.2, 0.25) is 0 Å². The van der Waals surface area contributed by atoms with Gasteiger partial charge in [-0.15, -0.1) is 0 Å². The van der Waals surface area contributed by atoms with Crippen LogP contribution in [0.4, 0.5) is 39.5 Å². The first-order valence-electron chi connectivity index (χ1n) is 5.97. The van der Waals surface area contributed by atoms with E-state index in [0.717, 1.165) is 6.07 Å². The summed E-state index contributed by atoms with van der Waals surface area (Å²) in [6.07, 6.45) is -6.81. The van der Waals surface area contributed by atoms with Gasteiger partial charge in [-0.1, -0.05) is 32.0 Å². The molecule has 22 heavy (non-hydrogen) atoms. The average molecular weight is 338 g/mol. The SMILES string of the molecule is CC(C)c1cccc(C(F)(F)C(F)(F)C(F)(F)C(F)(F)F)c1. The molecule has 0 amide bonds. The van der Waals surface area contributed by atoms with Crippen molar-refractivity contribution in [3.05, 3.63) is 35.4 Å². The predicted molar refractivity (Wildman–Crippen MR) is 60.4 cm³/mol. The largest absolute Gasteiger partial charge is 0.460 e. The maximum Gasteiger partial charge on any atom is 0.460 e. The van der Waals surface area contributed by atoms with Gasteiger partial charge in [0.1, 0.15) is 0 Å². The topological polar surface area (TPSA) is 0 Å². The van der Waals surface area contributed by atoms with Crippen LogP contribution in [0.5, 0.6) is 0 Å². The molecule has 0 aromatic heterocycles. The maximum absolute atomic E-state index is 13.7. The first-order valence-corrected chi connectivity index (χ1v) is 5.97. The van der Waals surface area contributed by atoms with Crippen molar-refractivity contribution in [3.63, 3.8) is 0 Å². The lowest BCUT2D eigenvalue weighted by molar-refractivity contribution is -0.399. The summed E-state index contributed by atoms with van der Waals surface area (Å²) in [7, 11) is 0. The van der Waals surface area contributed by atoms with Crippen molar-refractivity contribution in [3.8, 4) is 0 Å². The minimum atomic E-state index is -6.88. The molecule has 0 aliphatic heterocycles. The molecule has 0 unspecified atom stereocenters. The number of alkyl halides is 9.